The highest BCUT2D eigenvalue weighted by atomic mass is 16.3. The molecule has 4 aromatic rings. The van der Waals surface area contributed by atoms with E-state index in [2.05, 4.69) is 19.1 Å². The van der Waals surface area contributed by atoms with Crippen molar-refractivity contribution in [3.63, 3.8) is 0 Å². The maximum absolute atomic E-state index is 11.9. The number of rotatable bonds is 1. The zero-order valence-electron chi connectivity index (χ0n) is 13.5. The van der Waals surface area contributed by atoms with Gasteiger partial charge >= 0.3 is 0 Å². The first-order valence-electron chi connectivity index (χ1n) is 7.84. The van der Waals surface area contributed by atoms with Gasteiger partial charge in [0.2, 0.25) is 0 Å². The van der Waals surface area contributed by atoms with Crippen LogP contribution in [-0.4, -0.2) is 0 Å². The van der Waals surface area contributed by atoms with Crippen LogP contribution in [0.2, 0.25) is 0 Å². The van der Waals surface area contributed by atoms with Crippen LogP contribution in [0.3, 0.4) is 0 Å². The quantitative estimate of drug-likeness (QED) is 0.467. The predicted molar refractivity (Wildman–Crippen MR) is 99.1 cm³/mol. The molecule has 2 nitrogen and oxygen atoms in total. The minimum atomic E-state index is -0.00861. The number of para-hydroxylation sites is 1. The fourth-order valence-corrected chi connectivity index (χ4v) is 2.38. The van der Waals surface area contributed by atoms with Gasteiger partial charge in [-0.3, -0.25) is 4.79 Å². The van der Waals surface area contributed by atoms with E-state index in [0.29, 0.717) is 16.7 Å². The Morgan fingerprint density at radius 3 is 1.92 bits per heavy atom. The highest BCUT2D eigenvalue weighted by molar-refractivity contribution is 5.78. The second-order valence-corrected chi connectivity index (χ2v) is 5.49. The Labute approximate surface area is 141 Å². The standard InChI is InChI=1S/C15H10O2.C7H8/c16-13-10-15(11-6-2-1-3-7-11)17-14-9-5-4-8-12(13)14;1-7-5-3-2-4-6-7/h1-10H;2-6H,1H3. The number of hydrogen-bond acceptors (Lipinski definition) is 2. The molecule has 3 aromatic carbocycles. The zero-order valence-corrected chi connectivity index (χ0v) is 13.5. The molecule has 0 aliphatic rings. The number of hydrogen-bond donors (Lipinski definition) is 0. The molecule has 0 fully saturated rings. The Bertz CT molecular complexity index is 971. The van der Waals surface area contributed by atoms with Gasteiger partial charge in [-0.2, -0.15) is 0 Å². The molecule has 0 atom stereocenters. The van der Waals surface area contributed by atoms with Crippen LogP contribution in [0.25, 0.3) is 22.3 Å². The summed E-state index contributed by atoms with van der Waals surface area (Å²) in [5, 5.41) is 0.618. The van der Waals surface area contributed by atoms with Crippen LogP contribution in [0.15, 0.2) is 100 Å². The van der Waals surface area contributed by atoms with Crippen molar-refractivity contribution in [2.75, 3.05) is 0 Å². The zero-order chi connectivity index (χ0) is 16.8. The number of aryl methyl sites for hydroxylation is 1. The normalized spacial score (nSPS) is 10.0. The average molecular weight is 314 g/mol. The molecule has 0 bridgehead atoms. The van der Waals surface area contributed by atoms with E-state index in [1.807, 2.05) is 66.7 Å². The van der Waals surface area contributed by atoms with Gasteiger partial charge in [-0.15, -0.1) is 0 Å². The molecule has 1 aromatic heterocycles. The highest BCUT2D eigenvalue weighted by Gasteiger charge is 2.05. The number of benzene rings is 3. The third kappa shape index (κ3) is 3.79. The van der Waals surface area contributed by atoms with Gasteiger partial charge < -0.3 is 4.42 Å². The first-order valence-corrected chi connectivity index (χ1v) is 7.84. The molecule has 24 heavy (non-hydrogen) atoms. The molecule has 0 N–H and O–H groups in total. The van der Waals surface area contributed by atoms with Crippen LogP contribution in [0, 0.1) is 6.92 Å². The fourth-order valence-electron chi connectivity index (χ4n) is 2.38. The molecule has 2 heteroatoms. The van der Waals surface area contributed by atoms with Gasteiger partial charge in [0.1, 0.15) is 11.3 Å². The lowest BCUT2D eigenvalue weighted by atomic mass is 10.1. The molecular weight excluding hydrogens is 296 g/mol. The molecule has 0 unspecified atom stereocenters. The third-order valence-electron chi connectivity index (χ3n) is 3.63. The van der Waals surface area contributed by atoms with E-state index >= 15 is 0 Å². The first kappa shape index (κ1) is 15.8. The van der Waals surface area contributed by atoms with E-state index in [1.165, 1.54) is 11.6 Å². The summed E-state index contributed by atoms with van der Waals surface area (Å²) in [6, 6.07) is 28.7. The maximum atomic E-state index is 11.9. The molecule has 0 aliphatic heterocycles. The summed E-state index contributed by atoms with van der Waals surface area (Å²) in [6.45, 7) is 2.08. The highest BCUT2D eigenvalue weighted by Crippen LogP contribution is 2.21. The maximum Gasteiger partial charge on any atom is 0.193 e. The summed E-state index contributed by atoms with van der Waals surface area (Å²) in [7, 11) is 0. The molecule has 0 amide bonds. The van der Waals surface area contributed by atoms with Gasteiger partial charge in [0.05, 0.1) is 5.39 Å². The summed E-state index contributed by atoms with van der Waals surface area (Å²) in [5.41, 5.74) is 2.85. The van der Waals surface area contributed by atoms with Gasteiger partial charge in [-0.05, 0) is 19.1 Å². The van der Waals surface area contributed by atoms with Crippen LogP contribution in [0.5, 0.6) is 0 Å². The van der Waals surface area contributed by atoms with E-state index < -0.39 is 0 Å². The minimum Gasteiger partial charge on any atom is -0.456 e. The van der Waals surface area contributed by atoms with Crippen molar-refractivity contribution in [2.24, 2.45) is 0 Å². The smallest absolute Gasteiger partial charge is 0.193 e. The van der Waals surface area contributed by atoms with Gasteiger partial charge in [-0.25, -0.2) is 0 Å². The Balaban J connectivity index is 0.000000203. The molecule has 0 saturated carbocycles. The lowest BCUT2D eigenvalue weighted by Crippen LogP contribution is -1.99. The second kappa shape index (κ2) is 7.42. The summed E-state index contributed by atoms with van der Waals surface area (Å²) >= 11 is 0. The summed E-state index contributed by atoms with van der Waals surface area (Å²) in [6.07, 6.45) is 0. The van der Waals surface area contributed by atoms with Crippen molar-refractivity contribution in [3.05, 3.63) is 107 Å². The Morgan fingerprint density at radius 2 is 1.29 bits per heavy atom. The Hall–Kier alpha value is -3.13. The van der Waals surface area contributed by atoms with Crippen LogP contribution in [0.1, 0.15) is 5.56 Å². The Morgan fingerprint density at radius 1 is 0.708 bits per heavy atom. The molecule has 118 valence electrons. The SMILES string of the molecule is Cc1ccccc1.O=c1cc(-c2ccccc2)oc2ccccc12. The molecule has 0 aliphatic carbocycles. The lowest BCUT2D eigenvalue weighted by molar-refractivity contribution is 0.619. The molecule has 0 radical (unpaired) electrons. The third-order valence-corrected chi connectivity index (χ3v) is 3.63. The van der Waals surface area contributed by atoms with E-state index in [0.717, 1.165) is 5.56 Å². The lowest BCUT2D eigenvalue weighted by Gasteiger charge is -2.02. The van der Waals surface area contributed by atoms with Gasteiger partial charge in [0, 0.05) is 11.6 Å². The van der Waals surface area contributed by atoms with Crippen molar-refractivity contribution in [1.82, 2.24) is 0 Å². The molecular formula is C22H18O2. The van der Waals surface area contributed by atoms with Crippen LogP contribution in [-0.2, 0) is 0 Å². The summed E-state index contributed by atoms with van der Waals surface area (Å²) in [5.74, 6) is 0.606. The van der Waals surface area contributed by atoms with Crippen molar-refractivity contribution in [2.45, 2.75) is 6.92 Å². The number of fused-ring (bicyclic) bond motifs is 1. The van der Waals surface area contributed by atoms with Crippen molar-refractivity contribution in [3.8, 4) is 11.3 Å². The summed E-state index contributed by atoms with van der Waals surface area (Å²) < 4.78 is 5.73. The molecule has 1 heterocycles. The van der Waals surface area contributed by atoms with Crippen LogP contribution >= 0.6 is 0 Å². The monoisotopic (exact) mass is 314 g/mol. The fraction of sp³-hybridized carbons (Fsp3) is 0.0455. The van der Waals surface area contributed by atoms with Crippen LogP contribution in [0.4, 0.5) is 0 Å². The van der Waals surface area contributed by atoms with E-state index in [-0.39, 0.29) is 5.43 Å². The van der Waals surface area contributed by atoms with Crippen molar-refractivity contribution < 1.29 is 4.42 Å². The van der Waals surface area contributed by atoms with Gasteiger partial charge in [0.15, 0.2) is 5.43 Å². The largest absolute Gasteiger partial charge is 0.456 e. The first-order chi connectivity index (χ1) is 11.7. The molecule has 0 saturated heterocycles. The van der Waals surface area contributed by atoms with Gasteiger partial charge in [0.25, 0.3) is 0 Å². The predicted octanol–water partition coefficient (Wildman–Crippen LogP) is 5.46. The van der Waals surface area contributed by atoms with E-state index in [1.54, 1.807) is 6.07 Å². The minimum absolute atomic E-state index is 0.00861. The average Bonchev–Trinajstić information content (AvgIpc) is 2.64. The summed E-state index contributed by atoms with van der Waals surface area (Å²) in [4.78, 5) is 11.9. The van der Waals surface area contributed by atoms with E-state index in [4.69, 9.17) is 4.42 Å². The Kier molecular flexibility index (Phi) is 4.87. The topological polar surface area (TPSA) is 30.2 Å². The molecule has 4 rings (SSSR count). The van der Waals surface area contributed by atoms with E-state index in [9.17, 15) is 4.79 Å². The van der Waals surface area contributed by atoms with Crippen LogP contribution < -0.4 is 5.43 Å². The molecule has 0 spiro atoms. The second-order valence-electron chi connectivity index (χ2n) is 5.49. The van der Waals surface area contributed by atoms with Crippen molar-refractivity contribution >= 4 is 11.0 Å². The van der Waals surface area contributed by atoms with Gasteiger partial charge in [-0.1, -0.05) is 78.4 Å². The van der Waals surface area contributed by atoms with Crippen molar-refractivity contribution in [1.29, 1.82) is 0 Å².